The molecule has 3 saturated heterocycles. The molecule has 3 aliphatic rings. The summed E-state index contributed by atoms with van der Waals surface area (Å²) in [4.78, 5) is 23.5. The van der Waals surface area contributed by atoms with E-state index in [1.54, 1.807) is 14.2 Å². The molecule has 0 radical (unpaired) electrons. The molecule has 44 heavy (non-hydrogen) atoms. The first-order valence-electron chi connectivity index (χ1n) is 16.3. The smallest absolute Gasteiger partial charge is 0.261 e. The molecule has 0 spiro atoms. The van der Waals surface area contributed by atoms with Gasteiger partial charge in [0.15, 0.2) is 0 Å². The summed E-state index contributed by atoms with van der Waals surface area (Å²) in [5.41, 5.74) is 4.36. The molecule has 230 valence electrons. The van der Waals surface area contributed by atoms with Crippen molar-refractivity contribution < 1.29 is 14.3 Å². The maximum Gasteiger partial charge on any atom is 0.261 e. The van der Waals surface area contributed by atoms with E-state index in [1.807, 2.05) is 23.1 Å². The van der Waals surface area contributed by atoms with Crippen molar-refractivity contribution in [2.45, 2.75) is 75.4 Å². The number of methoxy groups -OCH3 is 2. The SMILES string of the molecule is COc1cccc(OC)c1C(=O)N1CCC(CCN2[C@@H]3CC[C@H]2C[C@@H](n2c(C)nc4ccccc42)C3)(c2ccccc2)CC1. The average molecular weight is 593 g/mol. The monoisotopic (exact) mass is 592 g/mol. The first-order valence-corrected chi connectivity index (χ1v) is 16.3. The number of fused-ring (bicyclic) bond motifs is 3. The van der Waals surface area contributed by atoms with E-state index in [9.17, 15) is 4.79 Å². The van der Waals surface area contributed by atoms with Crippen LogP contribution in [-0.4, -0.2) is 71.2 Å². The Labute approximate surface area is 260 Å². The standard InChI is InChI=1S/C37H44N4O3/c1-26-38-31-12-7-8-13-32(31)41(26)30-24-28-16-17-29(25-30)40(28)23-20-37(27-10-5-4-6-11-27)18-21-39(22-19-37)36(42)35-33(43-2)14-9-15-34(35)44-3/h4-15,28-30H,16-25H2,1-3H3/t28-,29+,30+. The number of likely N-dealkylation sites (tertiary alicyclic amines) is 1. The highest BCUT2D eigenvalue weighted by Crippen LogP contribution is 2.45. The van der Waals surface area contributed by atoms with Crippen molar-refractivity contribution in [2.75, 3.05) is 33.9 Å². The zero-order valence-electron chi connectivity index (χ0n) is 26.2. The number of nitrogens with zero attached hydrogens (tertiary/aromatic N) is 4. The number of aromatic nitrogens is 2. The van der Waals surface area contributed by atoms with Crippen molar-refractivity contribution in [3.63, 3.8) is 0 Å². The number of ether oxygens (including phenoxy) is 2. The second-order valence-corrected chi connectivity index (χ2v) is 13.0. The number of rotatable bonds is 8. The number of carbonyl (C=O) groups excluding carboxylic acids is 1. The van der Waals surface area contributed by atoms with Gasteiger partial charge in [-0.05, 0) is 93.7 Å². The largest absolute Gasteiger partial charge is 0.496 e. The summed E-state index contributed by atoms with van der Waals surface area (Å²) in [6, 6.07) is 26.9. The van der Waals surface area contributed by atoms with E-state index in [-0.39, 0.29) is 11.3 Å². The summed E-state index contributed by atoms with van der Waals surface area (Å²) < 4.78 is 13.6. The van der Waals surface area contributed by atoms with Gasteiger partial charge >= 0.3 is 0 Å². The zero-order chi connectivity index (χ0) is 30.3. The molecular formula is C37H44N4O3. The van der Waals surface area contributed by atoms with Crippen LogP contribution in [0.5, 0.6) is 11.5 Å². The van der Waals surface area contributed by atoms with Crippen LogP contribution in [-0.2, 0) is 5.41 Å². The van der Waals surface area contributed by atoms with Gasteiger partial charge in [-0.15, -0.1) is 0 Å². The van der Waals surface area contributed by atoms with Crippen LogP contribution in [0.1, 0.15) is 72.7 Å². The zero-order valence-corrected chi connectivity index (χ0v) is 26.2. The lowest BCUT2D eigenvalue weighted by molar-refractivity contribution is 0.0601. The van der Waals surface area contributed by atoms with Gasteiger partial charge in [0.05, 0.1) is 25.3 Å². The predicted molar refractivity (Wildman–Crippen MR) is 174 cm³/mol. The normalized spacial score (nSPS) is 23.2. The lowest BCUT2D eigenvalue weighted by Gasteiger charge is -2.45. The van der Waals surface area contributed by atoms with Crippen LogP contribution < -0.4 is 9.47 Å². The summed E-state index contributed by atoms with van der Waals surface area (Å²) in [5, 5.41) is 0. The Balaban J connectivity index is 1.07. The van der Waals surface area contributed by atoms with Gasteiger partial charge in [0.2, 0.25) is 0 Å². The Kier molecular flexibility index (Phi) is 7.83. The molecule has 1 aromatic heterocycles. The predicted octanol–water partition coefficient (Wildman–Crippen LogP) is 6.79. The maximum absolute atomic E-state index is 13.8. The Bertz CT molecular complexity index is 1590. The number of benzene rings is 3. The second-order valence-electron chi connectivity index (χ2n) is 13.0. The molecule has 7 heteroatoms. The van der Waals surface area contributed by atoms with Crippen molar-refractivity contribution in [3.05, 3.63) is 89.7 Å². The average Bonchev–Trinajstić information content (AvgIpc) is 3.53. The van der Waals surface area contributed by atoms with Crippen LogP contribution in [0.4, 0.5) is 0 Å². The molecule has 3 aliphatic heterocycles. The molecule has 0 unspecified atom stereocenters. The highest BCUT2D eigenvalue weighted by molar-refractivity contribution is 5.99. The summed E-state index contributed by atoms with van der Waals surface area (Å²) in [6.45, 7) is 4.71. The van der Waals surface area contributed by atoms with E-state index in [0.29, 0.717) is 35.2 Å². The molecule has 3 fully saturated rings. The Morgan fingerprint density at radius 2 is 1.48 bits per heavy atom. The van der Waals surface area contributed by atoms with Gasteiger partial charge in [-0.2, -0.15) is 0 Å². The Morgan fingerprint density at radius 1 is 0.841 bits per heavy atom. The second kappa shape index (κ2) is 11.9. The van der Waals surface area contributed by atoms with Crippen LogP contribution in [0.2, 0.25) is 0 Å². The lowest BCUT2D eigenvalue weighted by Crippen LogP contribution is -2.49. The number of piperidine rings is 2. The summed E-state index contributed by atoms with van der Waals surface area (Å²) in [6.07, 6.45) is 7.97. The lowest BCUT2D eigenvalue weighted by atomic mass is 9.70. The van der Waals surface area contributed by atoms with Crippen LogP contribution in [0.3, 0.4) is 0 Å². The molecule has 4 heterocycles. The van der Waals surface area contributed by atoms with E-state index in [2.05, 4.69) is 71.0 Å². The van der Waals surface area contributed by atoms with Crippen molar-refractivity contribution in [3.8, 4) is 11.5 Å². The number of hydrogen-bond acceptors (Lipinski definition) is 5. The topological polar surface area (TPSA) is 59.8 Å². The fourth-order valence-corrected chi connectivity index (χ4v) is 8.62. The molecule has 7 nitrogen and oxygen atoms in total. The summed E-state index contributed by atoms with van der Waals surface area (Å²) in [7, 11) is 3.22. The molecule has 3 atom stereocenters. The van der Waals surface area contributed by atoms with Crippen LogP contribution >= 0.6 is 0 Å². The van der Waals surface area contributed by atoms with E-state index in [4.69, 9.17) is 14.5 Å². The van der Waals surface area contributed by atoms with Crippen molar-refractivity contribution in [2.24, 2.45) is 0 Å². The maximum atomic E-state index is 13.8. The van der Waals surface area contributed by atoms with Crippen molar-refractivity contribution in [1.82, 2.24) is 19.4 Å². The number of imidazole rings is 1. The molecule has 0 N–H and O–H groups in total. The van der Waals surface area contributed by atoms with Crippen LogP contribution in [0.15, 0.2) is 72.8 Å². The number of aryl methyl sites for hydroxylation is 1. The third kappa shape index (κ3) is 5.05. The first-order chi connectivity index (χ1) is 21.5. The number of hydrogen-bond donors (Lipinski definition) is 0. The van der Waals surface area contributed by atoms with Gasteiger partial charge in [0.25, 0.3) is 5.91 Å². The highest BCUT2D eigenvalue weighted by Gasteiger charge is 2.44. The molecule has 2 bridgehead atoms. The fourth-order valence-electron chi connectivity index (χ4n) is 8.62. The summed E-state index contributed by atoms with van der Waals surface area (Å²) >= 11 is 0. The van der Waals surface area contributed by atoms with E-state index >= 15 is 0 Å². The Morgan fingerprint density at radius 3 is 2.14 bits per heavy atom. The molecular weight excluding hydrogens is 548 g/mol. The molecule has 7 rings (SSSR count). The number of carbonyl (C=O) groups is 1. The first kappa shape index (κ1) is 28.9. The molecule has 0 saturated carbocycles. The van der Waals surface area contributed by atoms with Gasteiger partial charge in [0.1, 0.15) is 22.9 Å². The molecule has 1 amide bonds. The van der Waals surface area contributed by atoms with Crippen LogP contribution in [0, 0.1) is 6.92 Å². The van der Waals surface area contributed by atoms with Gasteiger partial charge < -0.3 is 18.9 Å². The Hall–Kier alpha value is -3.84. The molecule has 3 aromatic carbocycles. The van der Waals surface area contributed by atoms with Crippen LogP contribution in [0.25, 0.3) is 11.0 Å². The van der Waals surface area contributed by atoms with E-state index in [1.165, 1.54) is 36.8 Å². The minimum absolute atomic E-state index is 0.0107. The minimum atomic E-state index is -0.0107. The summed E-state index contributed by atoms with van der Waals surface area (Å²) in [5.74, 6) is 2.25. The third-order valence-corrected chi connectivity index (χ3v) is 10.9. The fraction of sp³-hybridized carbons (Fsp3) is 0.459. The van der Waals surface area contributed by atoms with E-state index < -0.39 is 0 Å². The molecule has 4 aromatic rings. The van der Waals surface area contributed by atoms with Gasteiger partial charge in [0, 0.05) is 31.2 Å². The van der Waals surface area contributed by atoms with Crippen molar-refractivity contribution >= 4 is 16.9 Å². The minimum Gasteiger partial charge on any atom is -0.496 e. The molecule has 0 aliphatic carbocycles. The van der Waals surface area contributed by atoms with E-state index in [0.717, 1.165) is 50.2 Å². The van der Waals surface area contributed by atoms with Gasteiger partial charge in [-0.1, -0.05) is 48.5 Å². The quantitative estimate of drug-likeness (QED) is 0.225. The third-order valence-electron chi connectivity index (χ3n) is 10.9. The highest BCUT2D eigenvalue weighted by atomic mass is 16.5. The number of amides is 1. The van der Waals surface area contributed by atoms with Crippen molar-refractivity contribution in [1.29, 1.82) is 0 Å². The number of para-hydroxylation sites is 2. The van der Waals surface area contributed by atoms with Gasteiger partial charge in [-0.25, -0.2) is 4.98 Å². The van der Waals surface area contributed by atoms with Gasteiger partial charge in [-0.3, -0.25) is 9.69 Å².